The predicted octanol–water partition coefficient (Wildman–Crippen LogP) is 2.47. The second-order valence-corrected chi connectivity index (χ2v) is 6.43. The Balaban J connectivity index is 3.13. The van der Waals surface area contributed by atoms with Crippen LogP contribution in [0, 0.1) is 40.0 Å². The van der Waals surface area contributed by atoms with Crippen molar-refractivity contribution in [3.05, 3.63) is 33.4 Å². The van der Waals surface area contributed by atoms with Gasteiger partial charge in [-0.15, -0.1) is 0 Å². The first-order valence-electron chi connectivity index (χ1n) is 7.15. The average molecular weight is 290 g/mol. The van der Waals surface area contributed by atoms with Crippen molar-refractivity contribution < 1.29 is 9.59 Å². The molecule has 0 fully saturated rings. The largest absolute Gasteiger partial charge is 0.369 e. The van der Waals surface area contributed by atoms with Crippen molar-refractivity contribution in [3.63, 3.8) is 0 Å². The van der Waals surface area contributed by atoms with Crippen LogP contribution < -0.4 is 11.1 Å². The molecule has 1 rings (SSSR count). The van der Waals surface area contributed by atoms with E-state index in [1.165, 1.54) is 5.56 Å². The van der Waals surface area contributed by atoms with Crippen LogP contribution in [-0.2, 0) is 4.79 Å². The fraction of sp³-hybridized carbons (Fsp3) is 0.529. The van der Waals surface area contributed by atoms with E-state index in [2.05, 4.69) is 12.2 Å². The highest BCUT2D eigenvalue weighted by atomic mass is 16.2. The second-order valence-electron chi connectivity index (χ2n) is 6.43. The number of rotatable bonds is 4. The van der Waals surface area contributed by atoms with E-state index in [4.69, 9.17) is 5.73 Å². The minimum atomic E-state index is -0.758. The molecular weight excluding hydrogens is 264 g/mol. The Morgan fingerprint density at radius 1 is 0.905 bits per heavy atom. The highest BCUT2D eigenvalue weighted by Gasteiger charge is 2.26. The molecule has 0 heterocycles. The summed E-state index contributed by atoms with van der Waals surface area (Å²) < 4.78 is 0. The fourth-order valence-electron chi connectivity index (χ4n) is 2.32. The molecule has 0 unspecified atom stereocenters. The Hall–Kier alpha value is -1.84. The first kappa shape index (κ1) is 17.2. The summed E-state index contributed by atoms with van der Waals surface area (Å²) in [7, 11) is 0. The van der Waals surface area contributed by atoms with Crippen LogP contribution >= 0.6 is 0 Å². The molecule has 0 aliphatic carbocycles. The normalized spacial score (nSPS) is 11.4. The third kappa shape index (κ3) is 3.26. The van der Waals surface area contributed by atoms with E-state index >= 15 is 0 Å². The first-order chi connectivity index (χ1) is 9.50. The molecule has 0 atom stereocenters. The summed E-state index contributed by atoms with van der Waals surface area (Å²) in [5.74, 6) is -0.571. The molecule has 0 spiro atoms. The number of primary amides is 1. The Morgan fingerprint density at radius 3 is 1.67 bits per heavy atom. The highest BCUT2D eigenvalue weighted by Crippen LogP contribution is 2.26. The molecule has 3 N–H and O–H groups in total. The molecule has 0 saturated carbocycles. The van der Waals surface area contributed by atoms with Crippen LogP contribution in [0.3, 0.4) is 0 Å². The van der Waals surface area contributed by atoms with Gasteiger partial charge in [-0.05, 0) is 76.3 Å². The monoisotopic (exact) mass is 290 g/mol. The molecule has 1 aromatic rings. The summed E-state index contributed by atoms with van der Waals surface area (Å²) in [5.41, 5.74) is 10.8. The summed E-state index contributed by atoms with van der Waals surface area (Å²) in [6.07, 6.45) is 0. The van der Waals surface area contributed by atoms with Gasteiger partial charge in [-0.1, -0.05) is 0 Å². The lowest BCUT2D eigenvalue weighted by atomic mass is 9.88. The van der Waals surface area contributed by atoms with Gasteiger partial charge in [-0.3, -0.25) is 9.59 Å². The van der Waals surface area contributed by atoms with Gasteiger partial charge in [0.25, 0.3) is 5.91 Å². The van der Waals surface area contributed by atoms with Crippen LogP contribution in [-0.4, -0.2) is 18.4 Å². The maximum absolute atomic E-state index is 12.5. The zero-order chi connectivity index (χ0) is 16.5. The quantitative estimate of drug-likeness (QED) is 0.894. The van der Waals surface area contributed by atoms with Crippen molar-refractivity contribution in [2.75, 3.05) is 6.54 Å². The molecule has 4 nitrogen and oxygen atoms in total. The summed E-state index contributed by atoms with van der Waals surface area (Å²) in [6, 6.07) is 0. The minimum Gasteiger partial charge on any atom is -0.369 e. The lowest BCUT2D eigenvalue weighted by Crippen LogP contribution is -2.42. The average Bonchev–Trinajstić information content (AvgIpc) is 2.41. The van der Waals surface area contributed by atoms with Crippen LogP contribution in [0.4, 0.5) is 0 Å². The van der Waals surface area contributed by atoms with Gasteiger partial charge in [0.15, 0.2) is 0 Å². The fourth-order valence-corrected chi connectivity index (χ4v) is 2.32. The number of hydrogen-bond acceptors (Lipinski definition) is 2. The zero-order valence-electron chi connectivity index (χ0n) is 14.1. The molecule has 1 aromatic carbocycles. The molecule has 0 aliphatic rings. The standard InChI is InChI=1S/C17H26N2O2/c1-9-10(2)12(4)14(13(5)11(9)3)15(20)19-8-17(6,7)16(18)21/h8H2,1-7H3,(H2,18,21)(H,19,20). The van der Waals surface area contributed by atoms with E-state index in [1.54, 1.807) is 13.8 Å². The van der Waals surface area contributed by atoms with Crippen LogP contribution in [0.2, 0.25) is 0 Å². The van der Waals surface area contributed by atoms with Gasteiger partial charge < -0.3 is 11.1 Å². The molecule has 0 aliphatic heterocycles. The van der Waals surface area contributed by atoms with Gasteiger partial charge in [0, 0.05) is 12.1 Å². The Bertz CT molecular complexity index is 572. The van der Waals surface area contributed by atoms with Crippen molar-refractivity contribution in [2.45, 2.75) is 48.5 Å². The van der Waals surface area contributed by atoms with Crippen molar-refractivity contribution in [1.29, 1.82) is 0 Å². The molecular formula is C17H26N2O2. The third-order valence-electron chi connectivity index (χ3n) is 4.58. The van der Waals surface area contributed by atoms with E-state index in [0.29, 0.717) is 5.56 Å². The maximum atomic E-state index is 12.5. The lowest BCUT2D eigenvalue weighted by Gasteiger charge is -2.23. The molecule has 0 saturated heterocycles. The number of amides is 2. The number of nitrogens with two attached hydrogens (primary N) is 1. The van der Waals surface area contributed by atoms with Crippen molar-refractivity contribution in [2.24, 2.45) is 11.1 Å². The molecule has 21 heavy (non-hydrogen) atoms. The SMILES string of the molecule is Cc1c(C)c(C)c(C(=O)NCC(C)(C)C(N)=O)c(C)c1C. The topological polar surface area (TPSA) is 72.2 Å². The van der Waals surface area contributed by atoms with Crippen molar-refractivity contribution in [3.8, 4) is 0 Å². The van der Waals surface area contributed by atoms with Crippen LogP contribution in [0.1, 0.15) is 52.0 Å². The summed E-state index contributed by atoms with van der Waals surface area (Å²) in [6.45, 7) is 13.7. The van der Waals surface area contributed by atoms with Gasteiger partial charge >= 0.3 is 0 Å². The van der Waals surface area contributed by atoms with E-state index < -0.39 is 11.3 Å². The summed E-state index contributed by atoms with van der Waals surface area (Å²) in [4.78, 5) is 23.8. The van der Waals surface area contributed by atoms with Gasteiger partial charge in [0.1, 0.15) is 0 Å². The van der Waals surface area contributed by atoms with Crippen molar-refractivity contribution >= 4 is 11.8 Å². The van der Waals surface area contributed by atoms with E-state index in [0.717, 1.165) is 22.3 Å². The third-order valence-corrected chi connectivity index (χ3v) is 4.58. The smallest absolute Gasteiger partial charge is 0.251 e. The molecule has 4 heteroatoms. The molecule has 0 bridgehead atoms. The number of benzene rings is 1. The Labute approximate surface area is 127 Å². The minimum absolute atomic E-state index is 0.148. The van der Waals surface area contributed by atoms with Crippen LogP contribution in [0.25, 0.3) is 0 Å². The first-order valence-corrected chi connectivity index (χ1v) is 7.15. The number of nitrogens with one attached hydrogen (secondary N) is 1. The van der Waals surface area contributed by atoms with Gasteiger partial charge in [-0.2, -0.15) is 0 Å². The van der Waals surface area contributed by atoms with Gasteiger partial charge in [0.05, 0.1) is 5.41 Å². The predicted molar refractivity (Wildman–Crippen MR) is 85.4 cm³/mol. The van der Waals surface area contributed by atoms with Crippen molar-refractivity contribution in [1.82, 2.24) is 5.32 Å². The van der Waals surface area contributed by atoms with Crippen LogP contribution in [0.15, 0.2) is 0 Å². The molecule has 116 valence electrons. The number of carbonyl (C=O) groups excluding carboxylic acids is 2. The lowest BCUT2D eigenvalue weighted by molar-refractivity contribution is -0.125. The Morgan fingerprint density at radius 2 is 1.29 bits per heavy atom. The summed E-state index contributed by atoms with van der Waals surface area (Å²) >= 11 is 0. The maximum Gasteiger partial charge on any atom is 0.251 e. The Kier molecular flexibility index (Phi) is 4.82. The number of hydrogen-bond donors (Lipinski definition) is 2. The van der Waals surface area contributed by atoms with Gasteiger partial charge in [0.2, 0.25) is 5.91 Å². The second kappa shape index (κ2) is 5.88. The number of carbonyl (C=O) groups is 2. The van der Waals surface area contributed by atoms with E-state index in [-0.39, 0.29) is 12.5 Å². The molecule has 2 amide bonds. The van der Waals surface area contributed by atoms with E-state index in [9.17, 15) is 9.59 Å². The molecule has 0 radical (unpaired) electrons. The summed E-state index contributed by atoms with van der Waals surface area (Å²) in [5, 5.41) is 2.84. The van der Waals surface area contributed by atoms with Gasteiger partial charge in [-0.25, -0.2) is 0 Å². The zero-order valence-corrected chi connectivity index (χ0v) is 14.1. The molecule has 0 aromatic heterocycles. The van der Waals surface area contributed by atoms with Crippen LogP contribution in [0.5, 0.6) is 0 Å². The highest BCUT2D eigenvalue weighted by molar-refractivity contribution is 5.98. The van der Waals surface area contributed by atoms with E-state index in [1.807, 2.05) is 27.7 Å².